The molecule has 0 atom stereocenters. The molecule has 5 nitrogen and oxygen atoms in total. The van der Waals surface area contributed by atoms with Crippen LogP contribution in [0.2, 0.25) is 0 Å². The Hall–Kier alpha value is -3.08. The summed E-state index contributed by atoms with van der Waals surface area (Å²) in [5, 5.41) is 0. The molecule has 25 heavy (non-hydrogen) atoms. The zero-order valence-corrected chi connectivity index (χ0v) is 14.1. The fourth-order valence-electron chi connectivity index (χ4n) is 2.53. The first-order valence-electron chi connectivity index (χ1n) is 8.17. The van der Waals surface area contributed by atoms with E-state index in [-0.39, 0.29) is 17.8 Å². The molecule has 0 spiro atoms. The largest absolute Gasteiger partial charge is 0.492 e. The lowest BCUT2D eigenvalue weighted by Crippen LogP contribution is -2.39. The Labute approximate surface area is 145 Å². The Bertz CT molecular complexity index is 941. The van der Waals surface area contributed by atoms with E-state index < -0.39 is 0 Å². The van der Waals surface area contributed by atoms with Crippen molar-refractivity contribution in [2.24, 2.45) is 0 Å². The number of hydrogen-bond acceptors (Lipinski definition) is 3. The Morgan fingerprint density at radius 1 is 0.920 bits per heavy atom. The summed E-state index contributed by atoms with van der Waals surface area (Å²) < 4.78 is 8.40. The van der Waals surface area contributed by atoms with Crippen LogP contribution in [-0.4, -0.2) is 15.7 Å². The van der Waals surface area contributed by atoms with Gasteiger partial charge in [0.1, 0.15) is 12.4 Å². The third-order valence-electron chi connectivity index (χ3n) is 3.95. The van der Waals surface area contributed by atoms with Gasteiger partial charge in [0.25, 0.3) is 5.56 Å². The molecule has 0 aliphatic heterocycles. The average molecular weight is 336 g/mol. The summed E-state index contributed by atoms with van der Waals surface area (Å²) in [6.45, 7) is 3.01. The maximum absolute atomic E-state index is 12.6. The Balaban J connectivity index is 1.72. The minimum Gasteiger partial charge on any atom is -0.492 e. The van der Waals surface area contributed by atoms with Crippen molar-refractivity contribution >= 4 is 0 Å². The zero-order valence-electron chi connectivity index (χ0n) is 14.1. The molecule has 2 aromatic carbocycles. The number of aryl methyl sites for hydroxylation is 1. The highest BCUT2D eigenvalue weighted by Crippen LogP contribution is 2.11. The van der Waals surface area contributed by atoms with E-state index >= 15 is 0 Å². The van der Waals surface area contributed by atoms with E-state index in [1.165, 1.54) is 21.4 Å². The standard InChI is InChI=1S/C20H20N2O3/c1-16-7-9-18(10-8-16)25-14-13-21-12-11-19(23)22(20(21)24)15-17-5-3-2-4-6-17/h2-12H,13-15H2,1H3. The average Bonchev–Trinajstić information content (AvgIpc) is 2.63. The van der Waals surface area contributed by atoms with Gasteiger partial charge >= 0.3 is 5.69 Å². The first kappa shape index (κ1) is 16.8. The zero-order chi connectivity index (χ0) is 17.6. The summed E-state index contributed by atoms with van der Waals surface area (Å²) in [6.07, 6.45) is 1.52. The molecule has 0 radical (unpaired) electrons. The van der Waals surface area contributed by atoms with Gasteiger partial charge in [-0.1, -0.05) is 48.0 Å². The summed E-state index contributed by atoms with van der Waals surface area (Å²) in [7, 11) is 0. The molecule has 1 aromatic heterocycles. The van der Waals surface area contributed by atoms with Crippen LogP contribution in [0.4, 0.5) is 0 Å². The number of aromatic nitrogens is 2. The molecule has 3 aromatic rings. The number of hydrogen-bond donors (Lipinski definition) is 0. The molecule has 0 aliphatic rings. The maximum Gasteiger partial charge on any atom is 0.331 e. The normalized spacial score (nSPS) is 10.6. The van der Waals surface area contributed by atoms with Crippen molar-refractivity contribution in [3.63, 3.8) is 0 Å². The predicted molar refractivity (Wildman–Crippen MR) is 97.2 cm³/mol. The van der Waals surface area contributed by atoms with Crippen molar-refractivity contribution in [3.8, 4) is 5.75 Å². The summed E-state index contributed by atoms with van der Waals surface area (Å²) >= 11 is 0. The molecule has 0 aliphatic carbocycles. The Morgan fingerprint density at radius 2 is 1.64 bits per heavy atom. The summed E-state index contributed by atoms with van der Waals surface area (Å²) in [5.41, 5.74) is 1.44. The van der Waals surface area contributed by atoms with Gasteiger partial charge in [0.2, 0.25) is 0 Å². The van der Waals surface area contributed by atoms with Crippen molar-refractivity contribution in [2.75, 3.05) is 6.61 Å². The van der Waals surface area contributed by atoms with Crippen LogP contribution in [0.25, 0.3) is 0 Å². The van der Waals surface area contributed by atoms with Gasteiger partial charge < -0.3 is 4.74 Å². The lowest BCUT2D eigenvalue weighted by molar-refractivity contribution is 0.293. The molecular formula is C20H20N2O3. The smallest absolute Gasteiger partial charge is 0.331 e. The van der Waals surface area contributed by atoms with E-state index in [1.807, 2.05) is 61.5 Å². The highest BCUT2D eigenvalue weighted by Gasteiger charge is 2.06. The highest BCUT2D eigenvalue weighted by atomic mass is 16.5. The Morgan fingerprint density at radius 3 is 2.36 bits per heavy atom. The van der Waals surface area contributed by atoms with Gasteiger partial charge in [-0.25, -0.2) is 4.79 Å². The number of nitrogens with zero attached hydrogens (tertiary/aromatic N) is 2. The topological polar surface area (TPSA) is 53.2 Å². The lowest BCUT2D eigenvalue weighted by Gasteiger charge is -2.11. The molecule has 0 amide bonds. The molecular weight excluding hydrogens is 316 g/mol. The monoisotopic (exact) mass is 336 g/mol. The van der Waals surface area contributed by atoms with E-state index in [2.05, 4.69) is 0 Å². The Kier molecular flexibility index (Phi) is 5.14. The summed E-state index contributed by atoms with van der Waals surface area (Å²) in [4.78, 5) is 24.6. The SMILES string of the molecule is Cc1ccc(OCCn2ccc(=O)n(Cc3ccccc3)c2=O)cc1. The van der Waals surface area contributed by atoms with Crippen LogP contribution >= 0.6 is 0 Å². The minimum atomic E-state index is -0.330. The number of benzene rings is 2. The van der Waals surface area contributed by atoms with Crippen LogP contribution < -0.4 is 16.0 Å². The number of ether oxygens (including phenoxy) is 1. The van der Waals surface area contributed by atoms with Gasteiger partial charge in [-0.3, -0.25) is 13.9 Å². The van der Waals surface area contributed by atoms with Crippen LogP contribution in [-0.2, 0) is 13.1 Å². The second-order valence-electron chi connectivity index (χ2n) is 5.86. The van der Waals surface area contributed by atoms with Crippen LogP contribution in [0.3, 0.4) is 0 Å². The number of rotatable bonds is 6. The first-order chi connectivity index (χ1) is 12.1. The third-order valence-corrected chi connectivity index (χ3v) is 3.95. The highest BCUT2D eigenvalue weighted by molar-refractivity contribution is 5.26. The lowest BCUT2D eigenvalue weighted by atomic mass is 10.2. The second-order valence-corrected chi connectivity index (χ2v) is 5.86. The van der Waals surface area contributed by atoms with E-state index in [0.717, 1.165) is 16.9 Å². The fraction of sp³-hybridized carbons (Fsp3) is 0.200. The van der Waals surface area contributed by atoms with Crippen LogP contribution in [0.5, 0.6) is 5.75 Å². The van der Waals surface area contributed by atoms with Gasteiger partial charge in [0.05, 0.1) is 13.1 Å². The fourth-order valence-corrected chi connectivity index (χ4v) is 2.53. The van der Waals surface area contributed by atoms with Gasteiger partial charge in [-0.15, -0.1) is 0 Å². The molecule has 1 heterocycles. The minimum absolute atomic E-state index is 0.262. The van der Waals surface area contributed by atoms with Crippen LogP contribution in [0.15, 0.2) is 76.4 Å². The van der Waals surface area contributed by atoms with Crippen molar-refractivity contribution in [3.05, 3.63) is 98.8 Å². The predicted octanol–water partition coefficient (Wildman–Crippen LogP) is 2.45. The van der Waals surface area contributed by atoms with Gasteiger partial charge in [-0.05, 0) is 24.6 Å². The van der Waals surface area contributed by atoms with E-state index in [1.54, 1.807) is 0 Å². The van der Waals surface area contributed by atoms with Gasteiger partial charge in [-0.2, -0.15) is 0 Å². The molecule has 3 rings (SSSR count). The van der Waals surface area contributed by atoms with Crippen molar-refractivity contribution in [1.29, 1.82) is 0 Å². The van der Waals surface area contributed by atoms with Gasteiger partial charge in [0.15, 0.2) is 0 Å². The second kappa shape index (κ2) is 7.66. The van der Waals surface area contributed by atoms with E-state index in [4.69, 9.17) is 4.74 Å². The molecule has 0 saturated carbocycles. The summed E-state index contributed by atoms with van der Waals surface area (Å²) in [6, 6.07) is 18.6. The van der Waals surface area contributed by atoms with E-state index in [9.17, 15) is 9.59 Å². The molecule has 0 unspecified atom stereocenters. The molecule has 0 bridgehead atoms. The molecule has 128 valence electrons. The van der Waals surface area contributed by atoms with E-state index in [0.29, 0.717) is 13.2 Å². The van der Waals surface area contributed by atoms with Gasteiger partial charge in [0, 0.05) is 12.3 Å². The van der Waals surface area contributed by atoms with Crippen molar-refractivity contribution < 1.29 is 4.74 Å². The van der Waals surface area contributed by atoms with Crippen LogP contribution in [0.1, 0.15) is 11.1 Å². The molecule has 5 heteroatoms. The van der Waals surface area contributed by atoms with Crippen LogP contribution in [0, 0.1) is 6.92 Å². The van der Waals surface area contributed by atoms with Crippen molar-refractivity contribution in [1.82, 2.24) is 9.13 Å². The molecule has 0 fully saturated rings. The first-order valence-corrected chi connectivity index (χ1v) is 8.17. The molecule has 0 saturated heterocycles. The summed E-state index contributed by atoms with van der Waals surface area (Å²) in [5.74, 6) is 0.760. The maximum atomic E-state index is 12.6. The quantitative estimate of drug-likeness (QED) is 0.695. The molecule has 0 N–H and O–H groups in total. The van der Waals surface area contributed by atoms with Crippen molar-refractivity contribution in [2.45, 2.75) is 20.0 Å². The third kappa shape index (κ3) is 4.26.